The molecule has 0 spiro atoms. The summed E-state index contributed by atoms with van der Waals surface area (Å²) in [5.41, 5.74) is 0.606. The van der Waals surface area contributed by atoms with E-state index in [0.717, 1.165) is 26.2 Å². The van der Waals surface area contributed by atoms with Crippen LogP contribution in [0.2, 0.25) is 0 Å². The Bertz CT molecular complexity index is 478. The Balaban J connectivity index is 1.66. The Morgan fingerprint density at radius 2 is 2.29 bits per heavy atom. The third-order valence-electron chi connectivity index (χ3n) is 4.06. The van der Waals surface area contributed by atoms with Crippen molar-refractivity contribution in [3.63, 3.8) is 0 Å². The highest BCUT2D eigenvalue weighted by Gasteiger charge is 2.30. The molecule has 0 N–H and O–H groups in total. The summed E-state index contributed by atoms with van der Waals surface area (Å²) in [4.78, 5) is 16.8. The standard InChI is InChI=1S/C15H22N4O2/c1-18-6-7-21-14(10-18)11-19(9-12-2-3-12)15(20)13-4-5-16-17-8-13/h4-5,8,12,14H,2-3,6-7,9-11H2,1H3/t14-/m1/s1. The van der Waals surface area contributed by atoms with Gasteiger partial charge in [-0.15, -0.1) is 0 Å². The molecule has 21 heavy (non-hydrogen) atoms. The quantitative estimate of drug-likeness (QED) is 0.797. The topological polar surface area (TPSA) is 58.6 Å². The normalized spacial score (nSPS) is 23.0. The van der Waals surface area contributed by atoms with Crippen molar-refractivity contribution in [3.8, 4) is 0 Å². The number of likely N-dealkylation sites (N-methyl/N-ethyl adjacent to an activating group) is 1. The minimum atomic E-state index is 0.0358. The second-order valence-electron chi connectivity index (χ2n) is 6.04. The Morgan fingerprint density at radius 3 is 2.95 bits per heavy atom. The van der Waals surface area contributed by atoms with Crippen LogP contribution in [0, 0.1) is 5.92 Å². The summed E-state index contributed by atoms with van der Waals surface area (Å²) < 4.78 is 5.80. The van der Waals surface area contributed by atoms with Crippen LogP contribution in [0.3, 0.4) is 0 Å². The van der Waals surface area contributed by atoms with E-state index in [9.17, 15) is 4.79 Å². The van der Waals surface area contributed by atoms with Gasteiger partial charge in [0.25, 0.3) is 5.91 Å². The molecule has 1 aliphatic heterocycles. The first-order valence-electron chi connectivity index (χ1n) is 7.58. The summed E-state index contributed by atoms with van der Waals surface area (Å²) in [5, 5.41) is 7.54. The van der Waals surface area contributed by atoms with E-state index in [1.165, 1.54) is 19.0 Å². The fourth-order valence-corrected chi connectivity index (χ4v) is 2.68. The maximum absolute atomic E-state index is 12.7. The highest BCUT2D eigenvalue weighted by atomic mass is 16.5. The van der Waals surface area contributed by atoms with Crippen molar-refractivity contribution in [2.75, 3.05) is 39.8 Å². The predicted molar refractivity (Wildman–Crippen MR) is 77.9 cm³/mol. The second-order valence-corrected chi connectivity index (χ2v) is 6.04. The molecule has 2 aliphatic rings. The SMILES string of the molecule is CN1CCO[C@@H](CN(CC2CC2)C(=O)c2ccnnc2)C1. The molecule has 0 unspecified atom stereocenters. The van der Waals surface area contributed by atoms with Gasteiger partial charge in [0.15, 0.2) is 0 Å². The van der Waals surface area contributed by atoms with Gasteiger partial charge in [-0.3, -0.25) is 4.79 Å². The molecule has 1 atom stereocenters. The maximum Gasteiger partial charge on any atom is 0.255 e. The Kier molecular flexibility index (Phi) is 4.45. The maximum atomic E-state index is 12.7. The number of carbonyl (C=O) groups is 1. The summed E-state index contributed by atoms with van der Waals surface area (Å²) >= 11 is 0. The van der Waals surface area contributed by atoms with Crippen LogP contribution < -0.4 is 0 Å². The number of hydrogen-bond acceptors (Lipinski definition) is 5. The van der Waals surface area contributed by atoms with E-state index in [2.05, 4.69) is 22.1 Å². The van der Waals surface area contributed by atoms with Crippen LogP contribution in [0.15, 0.2) is 18.5 Å². The molecular weight excluding hydrogens is 268 g/mol. The van der Waals surface area contributed by atoms with Gasteiger partial charge in [-0.05, 0) is 31.9 Å². The van der Waals surface area contributed by atoms with Crippen molar-refractivity contribution in [2.24, 2.45) is 5.92 Å². The molecule has 1 aliphatic carbocycles. The van der Waals surface area contributed by atoms with Crippen molar-refractivity contribution in [1.29, 1.82) is 0 Å². The third-order valence-corrected chi connectivity index (χ3v) is 4.06. The lowest BCUT2D eigenvalue weighted by molar-refractivity contribution is -0.0331. The van der Waals surface area contributed by atoms with E-state index < -0.39 is 0 Å². The summed E-state index contributed by atoms with van der Waals surface area (Å²) in [6, 6.07) is 1.73. The monoisotopic (exact) mass is 290 g/mol. The Hall–Kier alpha value is -1.53. The number of hydrogen-bond donors (Lipinski definition) is 0. The van der Waals surface area contributed by atoms with Gasteiger partial charge in [-0.25, -0.2) is 0 Å². The van der Waals surface area contributed by atoms with Crippen molar-refractivity contribution in [1.82, 2.24) is 20.0 Å². The van der Waals surface area contributed by atoms with E-state index in [1.807, 2.05) is 4.90 Å². The molecule has 6 heteroatoms. The molecule has 3 rings (SSSR count). The van der Waals surface area contributed by atoms with Gasteiger partial charge in [0.1, 0.15) is 0 Å². The predicted octanol–water partition coefficient (Wildman–Crippen LogP) is 0.659. The fourth-order valence-electron chi connectivity index (χ4n) is 2.68. The van der Waals surface area contributed by atoms with Crippen LogP contribution in [0.5, 0.6) is 0 Å². The number of aromatic nitrogens is 2. The fraction of sp³-hybridized carbons (Fsp3) is 0.667. The van der Waals surface area contributed by atoms with Crippen LogP contribution in [0.25, 0.3) is 0 Å². The van der Waals surface area contributed by atoms with E-state index in [1.54, 1.807) is 12.3 Å². The summed E-state index contributed by atoms with van der Waals surface area (Å²) in [6.07, 6.45) is 5.65. The van der Waals surface area contributed by atoms with E-state index in [4.69, 9.17) is 4.74 Å². The molecule has 114 valence electrons. The largest absolute Gasteiger partial charge is 0.374 e. The molecule has 1 saturated heterocycles. The molecule has 0 bridgehead atoms. The molecule has 2 heterocycles. The van der Waals surface area contributed by atoms with Gasteiger partial charge >= 0.3 is 0 Å². The van der Waals surface area contributed by atoms with Gasteiger partial charge < -0.3 is 14.5 Å². The number of amides is 1. The molecule has 1 aromatic heterocycles. The van der Waals surface area contributed by atoms with E-state index in [-0.39, 0.29) is 12.0 Å². The smallest absolute Gasteiger partial charge is 0.255 e. The van der Waals surface area contributed by atoms with Gasteiger partial charge in [0.05, 0.1) is 30.7 Å². The summed E-state index contributed by atoms with van der Waals surface area (Å²) in [7, 11) is 2.09. The molecule has 0 radical (unpaired) electrons. The first-order chi connectivity index (χ1) is 10.2. The zero-order valence-corrected chi connectivity index (χ0v) is 12.4. The summed E-state index contributed by atoms with van der Waals surface area (Å²) in [6.45, 7) is 4.06. The lowest BCUT2D eigenvalue weighted by Crippen LogP contribution is -2.48. The average molecular weight is 290 g/mol. The minimum absolute atomic E-state index is 0.0358. The van der Waals surface area contributed by atoms with Crippen molar-refractivity contribution >= 4 is 5.91 Å². The molecule has 1 saturated carbocycles. The van der Waals surface area contributed by atoms with Gasteiger partial charge in [-0.2, -0.15) is 10.2 Å². The first kappa shape index (κ1) is 14.4. The molecule has 0 aromatic carbocycles. The molecule has 2 fully saturated rings. The second kappa shape index (κ2) is 6.49. The lowest BCUT2D eigenvalue weighted by Gasteiger charge is -2.34. The van der Waals surface area contributed by atoms with Crippen molar-refractivity contribution in [2.45, 2.75) is 18.9 Å². The number of nitrogens with zero attached hydrogens (tertiary/aromatic N) is 4. The van der Waals surface area contributed by atoms with Crippen molar-refractivity contribution < 1.29 is 9.53 Å². The van der Waals surface area contributed by atoms with Gasteiger partial charge in [0.2, 0.25) is 0 Å². The van der Waals surface area contributed by atoms with Crippen LogP contribution in [0.1, 0.15) is 23.2 Å². The molecule has 1 aromatic rings. The number of ether oxygens (including phenoxy) is 1. The van der Waals surface area contributed by atoms with Crippen LogP contribution in [-0.4, -0.2) is 71.8 Å². The van der Waals surface area contributed by atoms with Gasteiger partial charge in [-0.1, -0.05) is 0 Å². The average Bonchev–Trinajstić information content (AvgIpc) is 3.31. The zero-order chi connectivity index (χ0) is 14.7. The minimum Gasteiger partial charge on any atom is -0.374 e. The Morgan fingerprint density at radius 1 is 1.43 bits per heavy atom. The first-order valence-corrected chi connectivity index (χ1v) is 7.58. The van der Waals surface area contributed by atoms with Crippen LogP contribution >= 0.6 is 0 Å². The molecule has 6 nitrogen and oxygen atoms in total. The summed E-state index contributed by atoms with van der Waals surface area (Å²) in [5.74, 6) is 0.693. The Labute approximate surface area is 125 Å². The van der Waals surface area contributed by atoms with Gasteiger partial charge in [0, 0.05) is 26.2 Å². The highest BCUT2D eigenvalue weighted by Crippen LogP contribution is 2.30. The number of rotatable bonds is 5. The van der Waals surface area contributed by atoms with E-state index >= 15 is 0 Å². The molecule has 1 amide bonds. The number of carbonyl (C=O) groups excluding carboxylic acids is 1. The van der Waals surface area contributed by atoms with Crippen LogP contribution in [0.4, 0.5) is 0 Å². The van der Waals surface area contributed by atoms with E-state index in [0.29, 0.717) is 18.0 Å². The highest BCUT2D eigenvalue weighted by molar-refractivity contribution is 5.93. The number of morpholine rings is 1. The molecular formula is C15H22N4O2. The zero-order valence-electron chi connectivity index (χ0n) is 12.4. The van der Waals surface area contributed by atoms with Crippen LogP contribution in [-0.2, 0) is 4.74 Å². The third kappa shape index (κ3) is 3.98. The van der Waals surface area contributed by atoms with Crippen molar-refractivity contribution in [3.05, 3.63) is 24.0 Å². The lowest BCUT2D eigenvalue weighted by atomic mass is 10.2.